The van der Waals surface area contributed by atoms with Crippen molar-refractivity contribution in [1.29, 1.82) is 0 Å². The van der Waals surface area contributed by atoms with Gasteiger partial charge in [-0.3, -0.25) is 4.79 Å². The van der Waals surface area contributed by atoms with Crippen molar-refractivity contribution < 1.29 is 4.79 Å². The lowest BCUT2D eigenvalue weighted by molar-refractivity contribution is 0.112. The predicted molar refractivity (Wildman–Crippen MR) is 49.6 cm³/mol. The molecule has 0 unspecified atom stereocenters. The van der Waals surface area contributed by atoms with Crippen LogP contribution in [0.15, 0.2) is 24.3 Å². The maximum atomic E-state index is 10.5. The normalized spacial score (nSPS) is 10.1. The minimum Gasteiger partial charge on any atom is -0.298 e. The molecule has 1 heterocycles. The summed E-state index contributed by atoms with van der Waals surface area (Å²) in [4.78, 5) is 11.9. The molecule has 1 aromatic carbocycles. The molecule has 14 heavy (non-hydrogen) atoms. The molecular formula is C9H8N4O. The van der Waals surface area contributed by atoms with Crippen LogP contribution >= 0.6 is 0 Å². The Morgan fingerprint density at radius 3 is 2.93 bits per heavy atom. The van der Waals surface area contributed by atoms with E-state index in [1.807, 2.05) is 6.07 Å². The van der Waals surface area contributed by atoms with Gasteiger partial charge >= 0.3 is 0 Å². The molecule has 0 saturated carbocycles. The molecule has 70 valence electrons. The summed E-state index contributed by atoms with van der Waals surface area (Å²) in [5.41, 5.74) is 1.40. The number of carbonyl (C=O) groups is 1. The molecule has 2 rings (SSSR count). The van der Waals surface area contributed by atoms with E-state index in [2.05, 4.69) is 15.4 Å². The van der Waals surface area contributed by atoms with Crippen molar-refractivity contribution in [2.75, 3.05) is 0 Å². The van der Waals surface area contributed by atoms with Crippen LogP contribution in [0.4, 0.5) is 0 Å². The highest BCUT2D eigenvalue weighted by Crippen LogP contribution is 2.13. The van der Waals surface area contributed by atoms with Crippen molar-refractivity contribution >= 4 is 6.29 Å². The first-order chi connectivity index (χ1) is 6.79. The van der Waals surface area contributed by atoms with Gasteiger partial charge in [0.1, 0.15) is 6.29 Å². The van der Waals surface area contributed by atoms with Gasteiger partial charge in [0.25, 0.3) is 0 Å². The summed E-state index contributed by atoms with van der Waals surface area (Å²) in [6, 6.07) is 7.08. The second-order valence-corrected chi connectivity index (χ2v) is 2.85. The third-order valence-electron chi connectivity index (χ3n) is 1.79. The highest BCUT2D eigenvalue weighted by molar-refractivity contribution is 5.77. The van der Waals surface area contributed by atoms with Crippen molar-refractivity contribution in [3.05, 3.63) is 29.8 Å². The van der Waals surface area contributed by atoms with Crippen LogP contribution in [0.5, 0.6) is 0 Å². The van der Waals surface area contributed by atoms with E-state index in [0.717, 1.165) is 11.8 Å². The second-order valence-electron chi connectivity index (χ2n) is 2.85. The maximum absolute atomic E-state index is 10.5. The van der Waals surface area contributed by atoms with Gasteiger partial charge in [-0.1, -0.05) is 18.2 Å². The fourth-order valence-corrected chi connectivity index (χ4v) is 1.15. The van der Waals surface area contributed by atoms with Crippen molar-refractivity contribution in [3.8, 4) is 11.4 Å². The Balaban J connectivity index is 2.46. The van der Waals surface area contributed by atoms with Gasteiger partial charge in [-0.25, -0.2) is 0 Å². The fraction of sp³-hybridized carbons (Fsp3) is 0.111. The molecule has 0 N–H and O–H groups in total. The molecule has 0 aliphatic carbocycles. The largest absolute Gasteiger partial charge is 0.298 e. The zero-order valence-electron chi connectivity index (χ0n) is 7.58. The molecule has 0 aliphatic heterocycles. The highest BCUT2D eigenvalue weighted by atomic mass is 16.1. The minimum atomic E-state index is 0.524. The van der Waals surface area contributed by atoms with Gasteiger partial charge in [-0.05, 0) is 11.3 Å². The molecule has 0 fully saturated rings. The Hall–Kier alpha value is -2.04. The van der Waals surface area contributed by atoms with Crippen molar-refractivity contribution in [2.45, 2.75) is 0 Å². The lowest BCUT2D eigenvalue weighted by Crippen LogP contribution is -1.92. The lowest BCUT2D eigenvalue weighted by atomic mass is 10.1. The minimum absolute atomic E-state index is 0.524. The standard InChI is InChI=1S/C9H8N4O/c1-13-11-9(10-12-13)8-4-2-3-7(5-8)6-14/h2-6H,1H3. The molecule has 0 amide bonds. The van der Waals surface area contributed by atoms with E-state index in [0.29, 0.717) is 11.4 Å². The number of rotatable bonds is 2. The monoisotopic (exact) mass is 188 g/mol. The first-order valence-electron chi connectivity index (χ1n) is 4.09. The van der Waals surface area contributed by atoms with Crippen LogP contribution in [0, 0.1) is 0 Å². The Bertz CT molecular complexity index is 463. The summed E-state index contributed by atoms with van der Waals surface area (Å²) in [5, 5.41) is 11.6. The average Bonchev–Trinajstić information content (AvgIpc) is 2.65. The number of hydrogen-bond acceptors (Lipinski definition) is 4. The summed E-state index contributed by atoms with van der Waals surface area (Å²) in [6.45, 7) is 0. The van der Waals surface area contributed by atoms with Gasteiger partial charge in [0.05, 0.1) is 7.05 Å². The molecule has 0 atom stereocenters. The summed E-state index contributed by atoms with van der Waals surface area (Å²) < 4.78 is 0. The van der Waals surface area contributed by atoms with E-state index >= 15 is 0 Å². The van der Waals surface area contributed by atoms with E-state index < -0.39 is 0 Å². The molecule has 0 bridgehead atoms. The Kier molecular flexibility index (Phi) is 2.06. The molecule has 1 aromatic heterocycles. The van der Waals surface area contributed by atoms with Crippen LogP contribution in [0.1, 0.15) is 10.4 Å². The quantitative estimate of drug-likeness (QED) is 0.650. The number of benzene rings is 1. The Morgan fingerprint density at radius 1 is 1.43 bits per heavy atom. The third kappa shape index (κ3) is 1.52. The number of carbonyl (C=O) groups excluding carboxylic acids is 1. The first-order valence-corrected chi connectivity index (χ1v) is 4.09. The SMILES string of the molecule is Cn1nnc(-c2cccc(C=O)c2)n1. The number of hydrogen-bond donors (Lipinski definition) is 0. The van der Waals surface area contributed by atoms with Crippen LogP contribution in [0.3, 0.4) is 0 Å². The van der Waals surface area contributed by atoms with Crippen molar-refractivity contribution in [1.82, 2.24) is 20.2 Å². The lowest BCUT2D eigenvalue weighted by Gasteiger charge is -1.94. The Labute approximate surface area is 80.4 Å². The fourth-order valence-electron chi connectivity index (χ4n) is 1.15. The molecule has 0 saturated heterocycles. The summed E-state index contributed by atoms with van der Waals surface area (Å²) in [5.74, 6) is 0.524. The Morgan fingerprint density at radius 2 is 2.29 bits per heavy atom. The van der Waals surface area contributed by atoms with Crippen LogP contribution in [0.2, 0.25) is 0 Å². The van der Waals surface area contributed by atoms with Crippen LogP contribution < -0.4 is 0 Å². The number of aromatic nitrogens is 4. The molecule has 0 aliphatic rings. The molecular weight excluding hydrogens is 180 g/mol. The van der Waals surface area contributed by atoms with Crippen molar-refractivity contribution in [2.24, 2.45) is 7.05 Å². The average molecular weight is 188 g/mol. The molecule has 5 nitrogen and oxygen atoms in total. The zero-order chi connectivity index (χ0) is 9.97. The van der Waals surface area contributed by atoms with E-state index in [1.165, 1.54) is 4.80 Å². The highest BCUT2D eigenvalue weighted by Gasteiger charge is 2.03. The second kappa shape index (κ2) is 3.37. The van der Waals surface area contributed by atoms with E-state index in [1.54, 1.807) is 25.2 Å². The summed E-state index contributed by atoms with van der Waals surface area (Å²) in [7, 11) is 1.69. The third-order valence-corrected chi connectivity index (χ3v) is 1.79. The number of tetrazole rings is 1. The van der Waals surface area contributed by atoms with Gasteiger partial charge < -0.3 is 0 Å². The number of nitrogens with zero attached hydrogens (tertiary/aromatic N) is 4. The van der Waals surface area contributed by atoms with Crippen LogP contribution in [-0.2, 0) is 7.05 Å². The first kappa shape index (κ1) is 8.55. The van der Waals surface area contributed by atoms with Crippen LogP contribution in [-0.4, -0.2) is 26.5 Å². The molecule has 5 heteroatoms. The maximum Gasteiger partial charge on any atom is 0.204 e. The molecule has 0 radical (unpaired) electrons. The van der Waals surface area contributed by atoms with Gasteiger partial charge in [0.2, 0.25) is 5.82 Å². The van der Waals surface area contributed by atoms with Gasteiger partial charge in [0, 0.05) is 11.1 Å². The van der Waals surface area contributed by atoms with Crippen LogP contribution in [0.25, 0.3) is 11.4 Å². The molecule has 0 spiro atoms. The van der Waals surface area contributed by atoms with Crippen molar-refractivity contribution in [3.63, 3.8) is 0 Å². The van der Waals surface area contributed by atoms with Gasteiger partial charge in [0.15, 0.2) is 0 Å². The summed E-state index contributed by atoms with van der Waals surface area (Å²) >= 11 is 0. The summed E-state index contributed by atoms with van der Waals surface area (Å²) in [6.07, 6.45) is 0.792. The predicted octanol–water partition coefficient (Wildman–Crippen LogP) is 0.690. The van der Waals surface area contributed by atoms with Gasteiger partial charge in [-0.15, -0.1) is 10.2 Å². The molecule has 2 aromatic rings. The van der Waals surface area contributed by atoms with E-state index in [4.69, 9.17) is 0 Å². The number of aldehydes is 1. The smallest absolute Gasteiger partial charge is 0.204 e. The number of aryl methyl sites for hydroxylation is 1. The van der Waals surface area contributed by atoms with Gasteiger partial charge in [-0.2, -0.15) is 4.80 Å². The topological polar surface area (TPSA) is 60.7 Å². The van der Waals surface area contributed by atoms with E-state index in [9.17, 15) is 4.79 Å². The zero-order valence-corrected chi connectivity index (χ0v) is 7.58. The van der Waals surface area contributed by atoms with E-state index in [-0.39, 0.29) is 0 Å².